The van der Waals surface area contributed by atoms with E-state index in [1.807, 2.05) is 18.2 Å². The Bertz CT molecular complexity index is 1140. The molecule has 2 saturated heterocycles. The van der Waals surface area contributed by atoms with Gasteiger partial charge in [0.2, 0.25) is 5.91 Å². The van der Waals surface area contributed by atoms with E-state index in [1.165, 1.54) is 0 Å². The molecule has 1 amide bonds. The van der Waals surface area contributed by atoms with Crippen LogP contribution < -0.4 is 5.73 Å². The molecule has 0 aromatic heterocycles. The van der Waals surface area contributed by atoms with Crippen LogP contribution in [-0.4, -0.2) is 20.5 Å². The van der Waals surface area contributed by atoms with Crippen molar-refractivity contribution in [2.45, 2.75) is 42.9 Å². The van der Waals surface area contributed by atoms with E-state index >= 15 is 0 Å². The van der Waals surface area contributed by atoms with Gasteiger partial charge in [-0.05, 0) is 36.0 Å². The molecule has 2 fully saturated rings. The molecule has 5 rings (SSSR count). The molecule has 0 bridgehead atoms. The van der Waals surface area contributed by atoms with Crippen LogP contribution >= 0.6 is 11.8 Å². The van der Waals surface area contributed by atoms with Crippen LogP contribution in [0, 0.1) is 11.3 Å². The van der Waals surface area contributed by atoms with E-state index in [9.17, 15) is 4.79 Å². The smallest absolute Gasteiger partial charge is 0.237 e. The number of amides is 1. The molecule has 2 atom stereocenters. The van der Waals surface area contributed by atoms with Gasteiger partial charge in [-0.25, -0.2) is 0 Å². The first kappa shape index (κ1) is 22.9. The molecule has 34 heavy (non-hydrogen) atoms. The molecule has 0 saturated carbocycles. The SMILES string of the molecule is C=C1N2C(=O)[C@@H](C(C)(C)C(c3ccccc3)(c3ccccc3)c3ccccc3)[C@]2(N)SC1(C)C. The van der Waals surface area contributed by atoms with Crippen molar-refractivity contribution < 1.29 is 4.79 Å². The van der Waals surface area contributed by atoms with Gasteiger partial charge in [-0.2, -0.15) is 0 Å². The Balaban J connectivity index is 1.82. The fraction of sp³-hybridized carbons (Fsp3) is 0.300. The molecular formula is C30H32N2OS. The molecule has 0 radical (unpaired) electrons. The van der Waals surface area contributed by atoms with Gasteiger partial charge in [0, 0.05) is 5.70 Å². The van der Waals surface area contributed by atoms with Crippen molar-refractivity contribution in [2.75, 3.05) is 0 Å². The average Bonchev–Trinajstić information content (AvgIpc) is 2.96. The van der Waals surface area contributed by atoms with E-state index in [-0.39, 0.29) is 10.7 Å². The summed E-state index contributed by atoms with van der Waals surface area (Å²) in [4.78, 5) is 14.8. The number of carbonyl (C=O) groups excluding carboxylic acids is 1. The normalized spacial score (nSPS) is 24.0. The van der Waals surface area contributed by atoms with Gasteiger partial charge in [0.05, 0.1) is 16.1 Å². The number of benzene rings is 3. The van der Waals surface area contributed by atoms with E-state index in [0.717, 1.165) is 22.4 Å². The van der Waals surface area contributed by atoms with Crippen LogP contribution in [0.25, 0.3) is 0 Å². The lowest BCUT2D eigenvalue weighted by Crippen LogP contribution is -2.76. The number of fused-ring (bicyclic) bond motifs is 1. The fourth-order valence-corrected chi connectivity index (χ4v) is 8.28. The lowest BCUT2D eigenvalue weighted by molar-refractivity contribution is -0.166. The zero-order chi connectivity index (χ0) is 24.4. The van der Waals surface area contributed by atoms with Crippen molar-refractivity contribution >= 4 is 17.7 Å². The van der Waals surface area contributed by atoms with Gasteiger partial charge in [-0.15, -0.1) is 11.8 Å². The van der Waals surface area contributed by atoms with Crippen LogP contribution in [0.5, 0.6) is 0 Å². The molecule has 3 aromatic carbocycles. The Labute approximate surface area is 207 Å². The van der Waals surface area contributed by atoms with E-state index in [0.29, 0.717) is 0 Å². The number of nitrogens with two attached hydrogens (primary N) is 1. The number of thioether (sulfide) groups is 1. The third kappa shape index (κ3) is 2.85. The van der Waals surface area contributed by atoms with Gasteiger partial charge in [-0.3, -0.25) is 15.4 Å². The van der Waals surface area contributed by atoms with Crippen LogP contribution in [0.4, 0.5) is 0 Å². The molecule has 0 unspecified atom stereocenters. The Morgan fingerprint density at radius 1 is 0.824 bits per heavy atom. The molecule has 2 aliphatic rings. The fourth-order valence-electron chi connectivity index (χ4n) is 6.45. The Hall–Kier alpha value is -2.82. The van der Waals surface area contributed by atoms with Crippen molar-refractivity contribution in [1.82, 2.24) is 4.90 Å². The van der Waals surface area contributed by atoms with Gasteiger partial charge in [0.15, 0.2) is 4.99 Å². The minimum absolute atomic E-state index is 0.0581. The summed E-state index contributed by atoms with van der Waals surface area (Å²) in [6.07, 6.45) is 0. The van der Waals surface area contributed by atoms with Crippen LogP contribution in [0.1, 0.15) is 44.4 Å². The van der Waals surface area contributed by atoms with E-state index < -0.39 is 21.7 Å². The standard InChI is InChI=1S/C30H32N2OS/c1-21-28(4,5)34-30(31)25(26(33)32(21)30)27(2,3)29(22-15-9-6-10-16-22,23-17-11-7-12-18-23)24-19-13-8-14-20-24/h6-20,25H,1,31H2,2-5H3/t25-,30+/m0/s1. The second kappa shape index (κ2) is 7.59. The summed E-state index contributed by atoms with van der Waals surface area (Å²) >= 11 is 1.65. The molecule has 174 valence electrons. The first-order valence-corrected chi connectivity index (χ1v) is 12.6. The van der Waals surface area contributed by atoms with E-state index in [2.05, 4.69) is 107 Å². The van der Waals surface area contributed by atoms with Crippen LogP contribution in [0.3, 0.4) is 0 Å². The van der Waals surface area contributed by atoms with Crippen molar-refractivity contribution in [3.63, 3.8) is 0 Å². The maximum Gasteiger partial charge on any atom is 0.237 e. The number of β-lactam (4-membered cyclic amide) rings is 1. The van der Waals surface area contributed by atoms with Gasteiger partial charge < -0.3 is 0 Å². The first-order valence-electron chi connectivity index (χ1n) is 11.8. The monoisotopic (exact) mass is 468 g/mol. The molecule has 2 N–H and O–H groups in total. The predicted octanol–water partition coefficient (Wildman–Crippen LogP) is 6.16. The van der Waals surface area contributed by atoms with Crippen LogP contribution in [-0.2, 0) is 10.2 Å². The minimum atomic E-state index is -0.843. The maximum atomic E-state index is 13.9. The summed E-state index contributed by atoms with van der Waals surface area (Å²) < 4.78 is -0.301. The van der Waals surface area contributed by atoms with Crippen molar-refractivity contribution in [2.24, 2.45) is 17.1 Å². The number of nitrogens with zero attached hydrogens (tertiary/aromatic N) is 1. The predicted molar refractivity (Wildman–Crippen MR) is 141 cm³/mol. The van der Waals surface area contributed by atoms with Gasteiger partial charge in [-0.1, -0.05) is 111 Å². The summed E-state index contributed by atoms with van der Waals surface area (Å²) in [5.74, 6) is -0.355. The second-order valence-electron chi connectivity index (χ2n) is 10.5. The number of hydrogen-bond donors (Lipinski definition) is 1. The molecule has 4 heteroatoms. The van der Waals surface area contributed by atoms with Gasteiger partial charge in [0.25, 0.3) is 0 Å². The summed E-state index contributed by atoms with van der Waals surface area (Å²) in [7, 11) is 0. The lowest BCUT2D eigenvalue weighted by atomic mass is 9.49. The Morgan fingerprint density at radius 2 is 1.21 bits per heavy atom. The first-order chi connectivity index (χ1) is 16.1. The quantitative estimate of drug-likeness (QED) is 0.360. The number of carbonyl (C=O) groups is 1. The molecule has 3 aromatic rings. The average molecular weight is 469 g/mol. The zero-order valence-corrected chi connectivity index (χ0v) is 21.1. The number of hydrogen-bond acceptors (Lipinski definition) is 3. The summed E-state index contributed by atoms with van der Waals surface area (Å²) in [6, 6.07) is 31.6. The van der Waals surface area contributed by atoms with Crippen LogP contribution in [0.2, 0.25) is 0 Å². The van der Waals surface area contributed by atoms with Crippen LogP contribution in [0.15, 0.2) is 103 Å². The second-order valence-corrected chi connectivity index (χ2v) is 12.4. The number of rotatable bonds is 5. The highest BCUT2D eigenvalue weighted by Crippen LogP contribution is 2.68. The van der Waals surface area contributed by atoms with Crippen molar-refractivity contribution in [3.05, 3.63) is 120 Å². The molecule has 0 spiro atoms. The summed E-state index contributed by atoms with van der Waals surface area (Å²) in [5, 5.41) is 0. The van der Waals surface area contributed by atoms with Crippen molar-refractivity contribution in [1.29, 1.82) is 0 Å². The topological polar surface area (TPSA) is 46.3 Å². The van der Waals surface area contributed by atoms with E-state index in [1.54, 1.807) is 16.7 Å². The molecule has 2 aliphatic heterocycles. The largest absolute Gasteiger partial charge is 0.299 e. The highest BCUT2D eigenvalue weighted by molar-refractivity contribution is 8.02. The Kier molecular flexibility index (Phi) is 5.12. The molecular weight excluding hydrogens is 436 g/mol. The molecule has 3 nitrogen and oxygen atoms in total. The zero-order valence-electron chi connectivity index (χ0n) is 20.3. The molecule has 0 aliphatic carbocycles. The van der Waals surface area contributed by atoms with Crippen molar-refractivity contribution in [3.8, 4) is 0 Å². The maximum absolute atomic E-state index is 13.9. The van der Waals surface area contributed by atoms with Gasteiger partial charge >= 0.3 is 0 Å². The summed E-state index contributed by atoms with van der Waals surface area (Å²) in [5.41, 5.74) is 10.2. The minimum Gasteiger partial charge on any atom is -0.299 e. The summed E-state index contributed by atoms with van der Waals surface area (Å²) in [6.45, 7) is 12.9. The Morgan fingerprint density at radius 3 is 1.59 bits per heavy atom. The highest BCUT2D eigenvalue weighted by Gasteiger charge is 2.74. The third-order valence-corrected chi connectivity index (χ3v) is 9.41. The van der Waals surface area contributed by atoms with Gasteiger partial charge in [0.1, 0.15) is 0 Å². The highest BCUT2D eigenvalue weighted by atomic mass is 32.2. The lowest BCUT2D eigenvalue weighted by Gasteiger charge is -2.61. The van der Waals surface area contributed by atoms with E-state index in [4.69, 9.17) is 5.73 Å². The third-order valence-electron chi connectivity index (χ3n) is 7.92. The molecule has 2 heterocycles.